The molecule has 150 valence electrons. The monoisotopic (exact) mass is 403 g/mol. The zero-order valence-corrected chi connectivity index (χ0v) is 16.4. The number of nitrogens with zero attached hydrogens (tertiary/aromatic N) is 3. The first kappa shape index (κ1) is 22.8. The summed E-state index contributed by atoms with van der Waals surface area (Å²) in [6.07, 6.45) is 0. The number of halogens is 3. The fourth-order valence-electron chi connectivity index (χ4n) is 2.30. The number of hydrogen-bond acceptors (Lipinski definition) is 5. The highest BCUT2D eigenvalue weighted by Gasteiger charge is 2.30. The molecule has 2 rings (SSSR count). The SMILES string of the molecule is Cc1c(C(=O)NC(C)(CN)C(C)C)nnn1-c1ccc(OC(F)F)cc1.Cl. The van der Waals surface area contributed by atoms with E-state index in [1.165, 1.54) is 16.8 Å². The molecule has 0 spiro atoms. The number of rotatable bonds is 7. The molecule has 0 aliphatic carbocycles. The molecular weight excluding hydrogens is 380 g/mol. The highest BCUT2D eigenvalue weighted by Crippen LogP contribution is 2.20. The van der Waals surface area contributed by atoms with E-state index in [0.717, 1.165) is 0 Å². The Labute approximate surface area is 162 Å². The number of nitrogens with one attached hydrogen (secondary N) is 1. The van der Waals surface area contributed by atoms with E-state index in [-0.39, 0.29) is 42.2 Å². The van der Waals surface area contributed by atoms with Crippen LogP contribution >= 0.6 is 12.4 Å². The third kappa shape index (κ3) is 5.14. The molecular formula is C17H24ClF2N5O2. The van der Waals surface area contributed by atoms with E-state index in [9.17, 15) is 13.6 Å². The molecule has 7 nitrogen and oxygen atoms in total. The summed E-state index contributed by atoms with van der Waals surface area (Å²) in [6.45, 7) is 4.92. The summed E-state index contributed by atoms with van der Waals surface area (Å²) in [6, 6.07) is 5.90. The average Bonchev–Trinajstić information content (AvgIpc) is 2.96. The molecule has 27 heavy (non-hydrogen) atoms. The summed E-state index contributed by atoms with van der Waals surface area (Å²) in [5.74, 6) is -0.197. The van der Waals surface area contributed by atoms with Gasteiger partial charge in [0.1, 0.15) is 5.75 Å². The second-order valence-corrected chi connectivity index (χ2v) is 6.54. The highest BCUT2D eigenvalue weighted by molar-refractivity contribution is 5.93. The Hall–Kier alpha value is -2.26. The lowest BCUT2D eigenvalue weighted by molar-refractivity contribution is -0.0498. The number of alkyl halides is 2. The first-order valence-corrected chi connectivity index (χ1v) is 8.18. The van der Waals surface area contributed by atoms with Crippen LogP contribution in [0.25, 0.3) is 5.69 Å². The van der Waals surface area contributed by atoms with Crippen LogP contribution in [0.1, 0.15) is 37.0 Å². The number of amides is 1. The van der Waals surface area contributed by atoms with Crippen molar-refractivity contribution in [1.29, 1.82) is 0 Å². The topological polar surface area (TPSA) is 95.1 Å². The molecule has 0 aliphatic rings. The van der Waals surface area contributed by atoms with Gasteiger partial charge in [-0.05, 0) is 44.0 Å². The number of nitrogens with two attached hydrogens (primary N) is 1. The van der Waals surface area contributed by atoms with E-state index in [0.29, 0.717) is 11.4 Å². The van der Waals surface area contributed by atoms with Crippen molar-refractivity contribution >= 4 is 18.3 Å². The van der Waals surface area contributed by atoms with Gasteiger partial charge in [0, 0.05) is 6.54 Å². The molecule has 10 heteroatoms. The summed E-state index contributed by atoms with van der Waals surface area (Å²) < 4.78 is 30.2. The van der Waals surface area contributed by atoms with E-state index in [1.54, 1.807) is 19.1 Å². The minimum Gasteiger partial charge on any atom is -0.435 e. The van der Waals surface area contributed by atoms with E-state index in [1.807, 2.05) is 20.8 Å². The van der Waals surface area contributed by atoms with Crippen LogP contribution in [0.4, 0.5) is 8.78 Å². The first-order valence-electron chi connectivity index (χ1n) is 8.18. The van der Waals surface area contributed by atoms with E-state index < -0.39 is 12.2 Å². The number of aromatic nitrogens is 3. The van der Waals surface area contributed by atoms with Gasteiger partial charge < -0.3 is 15.8 Å². The summed E-state index contributed by atoms with van der Waals surface area (Å²) in [5.41, 5.74) is 6.50. The summed E-state index contributed by atoms with van der Waals surface area (Å²) in [4.78, 5) is 12.6. The molecule has 1 heterocycles. The fraction of sp³-hybridized carbons (Fsp3) is 0.471. The van der Waals surface area contributed by atoms with Crippen LogP contribution in [0, 0.1) is 12.8 Å². The molecule has 0 radical (unpaired) electrons. The zero-order valence-electron chi connectivity index (χ0n) is 15.6. The Morgan fingerprint density at radius 3 is 2.41 bits per heavy atom. The maximum Gasteiger partial charge on any atom is 0.387 e. The van der Waals surface area contributed by atoms with Crippen LogP contribution < -0.4 is 15.8 Å². The average molecular weight is 404 g/mol. The predicted molar refractivity (Wildman–Crippen MR) is 99.7 cm³/mol. The number of carbonyl (C=O) groups excluding carboxylic acids is 1. The van der Waals surface area contributed by atoms with Gasteiger partial charge in [0.2, 0.25) is 0 Å². The number of ether oxygens (including phenoxy) is 1. The smallest absolute Gasteiger partial charge is 0.387 e. The Balaban J connectivity index is 0.00000364. The first-order chi connectivity index (χ1) is 12.2. The van der Waals surface area contributed by atoms with Gasteiger partial charge >= 0.3 is 6.61 Å². The van der Waals surface area contributed by atoms with Crippen LogP contribution in [0.2, 0.25) is 0 Å². The lowest BCUT2D eigenvalue weighted by Crippen LogP contribution is -2.55. The third-order valence-corrected chi connectivity index (χ3v) is 4.51. The summed E-state index contributed by atoms with van der Waals surface area (Å²) in [7, 11) is 0. The Bertz CT molecular complexity index is 767. The van der Waals surface area contributed by atoms with Crippen molar-refractivity contribution in [3.63, 3.8) is 0 Å². The summed E-state index contributed by atoms with van der Waals surface area (Å²) in [5, 5.41) is 10.8. The predicted octanol–water partition coefficient (Wildman–Crippen LogP) is 2.70. The van der Waals surface area contributed by atoms with Crippen molar-refractivity contribution in [2.45, 2.75) is 39.8 Å². The minimum absolute atomic E-state index is 0. The maximum atomic E-state index is 12.6. The number of hydrogen-bond donors (Lipinski definition) is 2. The Morgan fingerprint density at radius 2 is 1.93 bits per heavy atom. The second kappa shape index (κ2) is 9.09. The van der Waals surface area contributed by atoms with E-state index in [4.69, 9.17) is 5.73 Å². The van der Waals surface area contributed by atoms with Crippen LogP contribution in [-0.2, 0) is 0 Å². The lowest BCUT2D eigenvalue weighted by Gasteiger charge is -2.33. The van der Waals surface area contributed by atoms with Crippen LogP contribution in [0.15, 0.2) is 24.3 Å². The van der Waals surface area contributed by atoms with Crippen LogP contribution in [0.3, 0.4) is 0 Å². The van der Waals surface area contributed by atoms with Gasteiger partial charge in [0.25, 0.3) is 5.91 Å². The van der Waals surface area contributed by atoms with Crippen molar-refractivity contribution < 1.29 is 18.3 Å². The second-order valence-electron chi connectivity index (χ2n) is 6.54. The third-order valence-electron chi connectivity index (χ3n) is 4.51. The molecule has 1 aromatic carbocycles. The van der Waals surface area contributed by atoms with Gasteiger partial charge in [-0.3, -0.25) is 4.79 Å². The molecule has 0 aliphatic heterocycles. The molecule has 0 saturated heterocycles. The van der Waals surface area contributed by atoms with Gasteiger partial charge in [-0.2, -0.15) is 8.78 Å². The molecule has 3 N–H and O–H groups in total. The van der Waals surface area contributed by atoms with Crippen molar-refractivity contribution in [1.82, 2.24) is 20.3 Å². The van der Waals surface area contributed by atoms with Gasteiger partial charge in [-0.15, -0.1) is 17.5 Å². The van der Waals surface area contributed by atoms with Gasteiger partial charge in [-0.1, -0.05) is 19.1 Å². The highest BCUT2D eigenvalue weighted by atomic mass is 35.5. The maximum absolute atomic E-state index is 12.6. The number of benzene rings is 1. The Kier molecular flexibility index (Phi) is 7.67. The molecule has 1 amide bonds. The van der Waals surface area contributed by atoms with Gasteiger partial charge in [0.05, 0.1) is 16.9 Å². The Morgan fingerprint density at radius 1 is 1.33 bits per heavy atom. The van der Waals surface area contributed by atoms with Crippen LogP contribution in [-0.4, -0.2) is 39.6 Å². The van der Waals surface area contributed by atoms with Gasteiger partial charge in [0.15, 0.2) is 5.69 Å². The van der Waals surface area contributed by atoms with Crippen molar-refractivity contribution in [3.05, 3.63) is 35.7 Å². The largest absolute Gasteiger partial charge is 0.435 e. The molecule has 2 aromatic rings. The van der Waals surface area contributed by atoms with Crippen molar-refractivity contribution in [2.24, 2.45) is 11.7 Å². The molecule has 1 aromatic heterocycles. The molecule has 1 unspecified atom stereocenters. The quantitative estimate of drug-likeness (QED) is 0.741. The zero-order chi connectivity index (χ0) is 19.5. The molecule has 0 saturated carbocycles. The summed E-state index contributed by atoms with van der Waals surface area (Å²) >= 11 is 0. The molecule has 0 bridgehead atoms. The lowest BCUT2D eigenvalue weighted by atomic mass is 9.88. The van der Waals surface area contributed by atoms with Crippen molar-refractivity contribution in [3.8, 4) is 11.4 Å². The van der Waals surface area contributed by atoms with Crippen LogP contribution in [0.5, 0.6) is 5.75 Å². The fourth-order valence-corrected chi connectivity index (χ4v) is 2.30. The number of carbonyl (C=O) groups is 1. The normalized spacial score (nSPS) is 13.2. The van der Waals surface area contributed by atoms with E-state index in [2.05, 4.69) is 20.4 Å². The molecule has 0 fully saturated rings. The standard InChI is InChI=1S/C17H23F2N5O2.ClH/c1-10(2)17(4,9-20)21-15(25)14-11(3)24(23-22-14)12-5-7-13(8-6-12)26-16(18)19;/h5-8,10,16H,9,20H2,1-4H3,(H,21,25);1H. The van der Waals surface area contributed by atoms with Gasteiger partial charge in [-0.25, -0.2) is 4.68 Å². The van der Waals surface area contributed by atoms with E-state index >= 15 is 0 Å². The molecule has 1 atom stereocenters. The minimum atomic E-state index is -2.89. The van der Waals surface area contributed by atoms with Crippen molar-refractivity contribution in [2.75, 3.05) is 6.54 Å².